The maximum Gasteiger partial charge on any atom is 0.113 e. The maximum atomic E-state index is 9.16. The Bertz CT molecular complexity index is 286. The van der Waals surface area contributed by atoms with E-state index in [2.05, 4.69) is 10.3 Å². The number of hydrogen-bond acceptors (Lipinski definition) is 4. The smallest absolute Gasteiger partial charge is 0.113 e. The minimum Gasteiger partial charge on any atom is -0.394 e. The molecular formula is C9H15ClN2OS. The molecule has 0 aliphatic carbocycles. The summed E-state index contributed by atoms with van der Waals surface area (Å²) in [7, 11) is 0. The predicted molar refractivity (Wildman–Crippen MR) is 59.7 cm³/mol. The molecule has 1 unspecified atom stereocenters. The third-order valence-electron chi connectivity index (χ3n) is 2.32. The molecule has 80 valence electrons. The second-order valence-electron chi connectivity index (χ2n) is 3.48. The molecule has 0 amide bonds. The first-order valence-corrected chi connectivity index (χ1v) is 5.75. The second kappa shape index (κ2) is 5.07. The van der Waals surface area contributed by atoms with Gasteiger partial charge in [-0.15, -0.1) is 11.3 Å². The molecule has 1 aromatic heterocycles. The van der Waals surface area contributed by atoms with Crippen LogP contribution in [0, 0.1) is 0 Å². The predicted octanol–water partition coefficient (Wildman–Crippen LogP) is 2.05. The van der Waals surface area contributed by atoms with E-state index >= 15 is 0 Å². The molecule has 0 aliphatic heterocycles. The molecular weight excluding hydrogens is 220 g/mol. The van der Waals surface area contributed by atoms with Gasteiger partial charge >= 0.3 is 0 Å². The van der Waals surface area contributed by atoms with Gasteiger partial charge in [0.25, 0.3) is 0 Å². The Kier molecular flexibility index (Phi) is 4.31. The molecule has 0 radical (unpaired) electrons. The highest BCUT2D eigenvalue weighted by Crippen LogP contribution is 2.19. The monoisotopic (exact) mass is 234 g/mol. The summed E-state index contributed by atoms with van der Waals surface area (Å²) in [5, 5.41) is 13.4. The highest BCUT2D eigenvalue weighted by atomic mass is 35.5. The van der Waals surface area contributed by atoms with Crippen LogP contribution in [-0.2, 0) is 6.54 Å². The van der Waals surface area contributed by atoms with Crippen molar-refractivity contribution in [2.75, 3.05) is 6.61 Å². The van der Waals surface area contributed by atoms with Crippen LogP contribution in [0.15, 0.2) is 6.20 Å². The zero-order chi connectivity index (χ0) is 10.6. The Morgan fingerprint density at radius 2 is 2.43 bits per heavy atom. The number of nitrogens with zero attached hydrogens (tertiary/aromatic N) is 1. The van der Waals surface area contributed by atoms with Crippen LogP contribution >= 0.6 is 22.9 Å². The van der Waals surface area contributed by atoms with E-state index in [0.29, 0.717) is 10.9 Å². The fourth-order valence-electron chi connectivity index (χ4n) is 0.951. The van der Waals surface area contributed by atoms with E-state index < -0.39 is 0 Å². The molecule has 0 bridgehead atoms. The van der Waals surface area contributed by atoms with Gasteiger partial charge < -0.3 is 10.4 Å². The quantitative estimate of drug-likeness (QED) is 0.820. The molecule has 0 aromatic carbocycles. The lowest BCUT2D eigenvalue weighted by atomic mass is 10.0. The molecule has 0 aliphatic rings. The van der Waals surface area contributed by atoms with Crippen molar-refractivity contribution < 1.29 is 5.11 Å². The van der Waals surface area contributed by atoms with Gasteiger partial charge in [-0.1, -0.05) is 18.5 Å². The van der Waals surface area contributed by atoms with Gasteiger partial charge in [0.1, 0.15) is 9.34 Å². The van der Waals surface area contributed by atoms with Gasteiger partial charge in [-0.3, -0.25) is 0 Å². The van der Waals surface area contributed by atoms with E-state index in [0.717, 1.165) is 11.4 Å². The molecule has 1 atom stereocenters. The number of aliphatic hydroxyl groups is 1. The third kappa shape index (κ3) is 3.20. The van der Waals surface area contributed by atoms with Crippen molar-refractivity contribution in [2.24, 2.45) is 0 Å². The van der Waals surface area contributed by atoms with Crippen LogP contribution < -0.4 is 5.32 Å². The van der Waals surface area contributed by atoms with Crippen molar-refractivity contribution in [3.63, 3.8) is 0 Å². The minimum absolute atomic E-state index is 0.128. The third-order valence-corrected chi connectivity index (χ3v) is 3.44. The van der Waals surface area contributed by atoms with Gasteiger partial charge in [-0.05, 0) is 13.3 Å². The number of halogens is 1. The second-order valence-corrected chi connectivity index (χ2v) is 5.23. The summed E-state index contributed by atoms with van der Waals surface area (Å²) < 4.78 is 0.698. The number of aromatic nitrogens is 1. The van der Waals surface area contributed by atoms with Crippen LogP contribution in [0.5, 0.6) is 0 Å². The van der Waals surface area contributed by atoms with Crippen LogP contribution in [0.1, 0.15) is 25.3 Å². The topological polar surface area (TPSA) is 45.1 Å². The zero-order valence-corrected chi connectivity index (χ0v) is 9.95. The molecule has 1 aromatic rings. The van der Waals surface area contributed by atoms with Crippen molar-refractivity contribution >= 4 is 22.9 Å². The van der Waals surface area contributed by atoms with E-state index in [1.165, 1.54) is 11.3 Å². The molecule has 0 saturated heterocycles. The Balaban J connectivity index is 2.47. The first kappa shape index (κ1) is 11.9. The van der Waals surface area contributed by atoms with Crippen molar-refractivity contribution in [3.8, 4) is 0 Å². The van der Waals surface area contributed by atoms with E-state index in [-0.39, 0.29) is 12.1 Å². The van der Waals surface area contributed by atoms with Crippen molar-refractivity contribution in [1.29, 1.82) is 0 Å². The van der Waals surface area contributed by atoms with E-state index in [1.807, 2.05) is 13.8 Å². The first-order valence-electron chi connectivity index (χ1n) is 4.56. The van der Waals surface area contributed by atoms with Gasteiger partial charge in [-0.2, -0.15) is 0 Å². The van der Waals surface area contributed by atoms with Gasteiger partial charge in [0.15, 0.2) is 0 Å². The average molecular weight is 235 g/mol. The largest absolute Gasteiger partial charge is 0.394 e. The fraction of sp³-hybridized carbons (Fsp3) is 0.667. The van der Waals surface area contributed by atoms with Crippen LogP contribution in [0.2, 0.25) is 4.34 Å². The normalized spacial score (nSPS) is 15.4. The lowest BCUT2D eigenvalue weighted by molar-refractivity contribution is 0.169. The summed E-state index contributed by atoms with van der Waals surface area (Å²) in [5.41, 5.74) is -0.224. The molecule has 2 N–H and O–H groups in total. The van der Waals surface area contributed by atoms with Crippen LogP contribution in [0.4, 0.5) is 0 Å². The average Bonchev–Trinajstić information content (AvgIpc) is 2.61. The number of rotatable bonds is 5. The Morgan fingerprint density at radius 3 is 2.86 bits per heavy atom. The summed E-state index contributed by atoms with van der Waals surface area (Å²) in [6, 6.07) is 0. The Labute approximate surface area is 93.1 Å². The molecule has 1 heterocycles. The van der Waals surface area contributed by atoms with Gasteiger partial charge in [0.2, 0.25) is 0 Å². The van der Waals surface area contributed by atoms with Crippen molar-refractivity contribution in [1.82, 2.24) is 10.3 Å². The summed E-state index contributed by atoms with van der Waals surface area (Å²) in [6.07, 6.45) is 2.52. The highest BCUT2D eigenvalue weighted by molar-refractivity contribution is 7.15. The number of hydrogen-bond donors (Lipinski definition) is 2. The number of nitrogens with one attached hydrogen (secondary N) is 1. The van der Waals surface area contributed by atoms with E-state index in [1.54, 1.807) is 6.20 Å². The van der Waals surface area contributed by atoms with E-state index in [9.17, 15) is 0 Å². The molecule has 3 nitrogen and oxygen atoms in total. The summed E-state index contributed by atoms with van der Waals surface area (Å²) in [4.78, 5) is 4.13. The maximum absolute atomic E-state index is 9.16. The van der Waals surface area contributed by atoms with Crippen LogP contribution in [-0.4, -0.2) is 22.2 Å². The summed E-state index contributed by atoms with van der Waals surface area (Å²) >= 11 is 7.22. The summed E-state index contributed by atoms with van der Waals surface area (Å²) in [6.45, 7) is 4.81. The van der Waals surface area contributed by atoms with E-state index in [4.69, 9.17) is 16.7 Å². The standard InChI is InChI=1S/C9H15ClN2OS/c1-3-9(2,6-13)12-5-8-11-4-7(10)14-8/h4,12-13H,3,5-6H2,1-2H3. The molecule has 0 saturated carbocycles. The first-order chi connectivity index (χ1) is 6.59. The van der Waals surface area contributed by atoms with Crippen LogP contribution in [0.3, 0.4) is 0 Å². The van der Waals surface area contributed by atoms with Gasteiger partial charge in [0.05, 0.1) is 12.8 Å². The number of thiazole rings is 1. The van der Waals surface area contributed by atoms with Crippen LogP contribution in [0.25, 0.3) is 0 Å². The molecule has 14 heavy (non-hydrogen) atoms. The SMILES string of the molecule is CCC(C)(CO)NCc1ncc(Cl)s1. The fourth-order valence-corrected chi connectivity index (χ4v) is 1.85. The van der Waals surface area contributed by atoms with Crippen molar-refractivity contribution in [2.45, 2.75) is 32.4 Å². The highest BCUT2D eigenvalue weighted by Gasteiger charge is 2.20. The molecule has 1 rings (SSSR count). The zero-order valence-electron chi connectivity index (χ0n) is 8.38. The lowest BCUT2D eigenvalue weighted by Crippen LogP contribution is -2.44. The summed E-state index contributed by atoms with van der Waals surface area (Å²) in [5.74, 6) is 0. The molecule has 0 fully saturated rings. The Morgan fingerprint density at radius 1 is 1.71 bits per heavy atom. The lowest BCUT2D eigenvalue weighted by Gasteiger charge is -2.26. The Hall–Kier alpha value is -0.160. The number of aliphatic hydroxyl groups excluding tert-OH is 1. The minimum atomic E-state index is -0.224. The van der Waals surface area contributed by atoms with Gasteiger partial charge in [-0.25, -0.2) is 4.98 Å². The van der Waals surface area contributed by atoms with Crippen molar-refractivity contribution in [3.05, 3.63) is 15.5 Å². The van der Waals surface area contributed by atoms with Gasteiger partial charge in [0, 0.05) is 12.1 Å². The molecule has 5 heteroatoms. The molecule has 0 spiro atoms.